The minimum Gasteiger partial charge on any atom is -0.468 e. The number of ether oxygens (including phenoxy) is 1. The lowest BCUT2D eigenvalue weighted by atomic mass is 10.1. The van der Waals surface area contributed by atoms with Crippen LogP contribution in [0.2, 0.25) is 0 Å². The predicted molar refractivity (Wildman–Crippen MR) is 74.5 cm³/mol. The molecule has 0 heterocycles. The van der Waals surface area contributed by atoms with Crippen molar-refractivity contribution in [3.63, 3.8) is 0 Å². The monoisotopic (exact) mass is 354 g/mol. The lowest BCUT2D eigenvalue weighted by Crippen LogP contribution is -2.35. The smallest absolute Gasteiger partial charge is 0.408 e. The first-order chi connectivity index (χ1) is 11.1. The first kappa shape index (κ1) is 19.7. The van der Waals surface area contributed by atoms with Gasteiger partial charge in [-0.3, -0.25) is 9.59 Å². The Balaban J connectivity index is 2.97. The van der Waals surface area contributed by atoms with Crippen LogP contribution in [0.3, 0.4) is 0 Å². The molecule has 0 fully saturated rings. The molecule has 0 aliphatic rings. The number of nitrogens with one attached hydrogen (secondary N) is 2. The third-order valence-electron chi connectivity index (χ3n) is 3.03. The molecule has 0 aromatic heterocycles. The zero-order chi connectivity index (χ0) is 18.5. The summed E-state index contributed by atoms with van der Waals surface area (Å²) in [5.74, 6) is -4.79. The molecule has 1 atom stereocenters. The summed E-state index contributed by atoms with van der Waals surface area (Å²) in [6.07, 6.45) is -4.95. The number of rotatable bonds is 6. The van der Waals surface area contributed by atoms with E-state index in [1.54, 1.807) is 0 Å². The number of alkyl halides is 3. The fourth-order valence-corrected chi connectivity index (χ4v) is 1.80. The molecule has 1 aromatic rings. The van der Waals surface area contributed by atoms with Crippen LogP contribution in [0.5, 0.6) is 0 Å². The fraction of sp³-hybridized carbons (Fsp3) is 0.429. The maximum absolute atomic E-state index is 13.9. The molecule has 0 spiro atoms. The molecule has 1 aromatic carbocycles. The van der Waals surface area contributed by atoms with Crippen molar-refractivity contribution in [2.75, 3.05) is 19.0 Å². The highest BCUT2D eigenvalue weighted by molar-refractivity contribution is 5.96. The number of esters is 1. The Morgan fingerprint density at radius 1 is 1.21 bits per heavy atom. The minimum atomic E-state index is -4.60. The first-order valence-corrected chi connectivity index (χ1v) is 6.77. The quantitative estimate of drug-likeness (QED) is 0.609. The average molecular weight is 354 g/mol. The molecule has 5 nitrogen and oxygen atoms in total. The van der Waals surface area contributed by atoms with Gasteiger partial charge in [0, 0.05) is 5.69 Å². The van der Waals surface area contributed by atoms with Gasteiger partial charge in [-0.25, -0.2) is 8.78 Å². The molecule has 0 aliphatic carbocycles. The van der Waals surface area contributed by atoms with Crippen LogP contribution in [0.1, 0.15) is 23.7 Å². The molecule has 1 amide bonds. The Labute approximate surface area is 134 Å². The van der Waals surface area contributed by atoms with Gasteiger partial charge >= 0.3 is 12.1 Å². The summed E-state index contributed by atoms with van der Waals surface area (Å²) >= 11 is 0. The second-order valence-corrected chi connectivity index (χ2v) is 4.72. The van der Waals surface area contributed by atoms with E-state index in [0.29, 0.717) is 12.1 Å². The van der Waals surface area contributed by atoms with Crippen LogP contribution in [-0.2, 0) is 9.53 Å². The molecule has 24 heavy (non-hydrogen) atoms. The standard InChI is InChI=1S/C14H15F5N2O3/c1-3-10(14(17,18)19)21-7-4-8(15)12(9(16)5-7)13(23)20-6-11(22)24-2/h4-5,10,21H,3,6H2,1-2H3,(H,20,23). The molecule has 134 valence electrons. The number of methoxy groups -OCH3 is 1. The van der Waals surface area contributed by atoms with E-state index in [4.69, 9.17) is 0 Å². The number of anilines is 1. The second kappa shape index (κ2) is 7.93. The topological polar surface area (TPSA) is 67.4 Å². The van der Waals surface area contributed by atoms with Crippen molar-refractivity contribution in [3.8, 4) is 0 Å². The van der Waals surface area contributed by atoms with Crippen LogP contribution in [0.15, 0.2) is 12.1 Å². The Morgan fingerprint density at radius 2 is 1.75 bits per heavy atom. The van der Waals surface area contributed by atoms with Crippen LogP contribution in [0.25, 0.3) is 0 Å². The van der Waals surface area contributed by atoms with Crippen molar-refractivity contribution in [1.29, 1.82) is 0 Å². The molecular formula is C14H15F5N2O3. The van der Waals surface area contributed by atoms with Gasteiger partial charge in [-0.15, -0.1) is 0 Å². The van der Waals surface area contributed by atoms with E-state index < -0.39 is 53.5 Å². The third kappa shape index (κ3) is 5.07. The van der Waals surface area contributed by atoms with Crippen molar-refractivity contribution in [1.82, 2.24) is 5.32 Å². The van der Waals surface area contributed by atoms with Crippen molar-refractivity contribution in [2.24, 2.45) is 0 Å². The molecule has 0 radical (unpaired) electrons. The minimum absolute atomic E-state index is 0.353. The Morgan fingerprint density at radius 3 is 2.17 bits per heavy atom. The molecular weight excluding hydrogens is 339 g/mol. The van der Waals surface area contributed by atoms with E-state index in [9.17, 15) is 31.5 Å². The van der Waals surface area contributed by atoms with Crippen LogP contribution >= 0.6 is 0 Å². The highest BCUT2D eigenvalue weighted by atomic mass is 19.4. The van der Waals surface area contributed by atoms with Gasteiger partial charge in [-0.05, 0) is 18.6 Å². The average Bonchev–Trinajstić information content (AvgIpc) is 2.48. The molecule has 0 bridgehead atoms. The summed E-state index contributed by atoms with van der Waals surface area (Å²) in [4.78, 5) is 22.5. The van der Waals surface area contributed by atoms with Crippen LogP contribution < -0.4 is 10.6 Å². The Bertz CT molecular complexity index is 596. The van der Waals surface area contributed by atoms with Crippen LogP contribution in [0, 0.1) is 11.6 Å². The van der Waals surface area contributed by atoms with Gasteiger partial charge in [-0.1, -0.05) is 6.92 Å². The summed E-state index contributed by atoms with van der Waals surface area (Å²) in [6, 6.07) is -0.843. The van der Waals surface area contributed by atoms with E-state index >= 15 is 0 Å². The molecule has 0 aliphatic heterocycles. The van der Waals surface area contributed by atoms with Crippen LogP contribution in [0.4, 0.5) is 27.6 Å². The van der Waals surface area contributed by atoms with Gasteiger partial charge in [0.25, 0.3) is 5.91 Å². The molecule has 1 rings (SSSR count). The molecule has 1 unspecified atom stereocenters. The van der Waals surface area contributed by atoms with Gasteiger partial charge in [0.2, 0.25) is 0 Å². The van der Waals surface area contributed by atoms with Gasteiger partial charge < -0.3 is 15.4 Å². The second-order valence-electron chi connectivity index (χ2n) is 4.72. The summed E-state index contributed by atoms with van der Waals surface area (Å²) in [5.41, 5.74) is -1.47. The number of hydrogen-bond donors (Lipinski definition) is 2. The number of carbonyl (C=O) groups is 2. The third-order valence-corrected chi connectivity index (χ3v) is 3.03. The van der Waals surface area contributed by atoms with Gasteiger partial charge in [0.05, 0.1) is 7.11 Å². The number of amides is 1. The van der Waals surface area contributed by atoms with E-state index in [1.165, 1.54) is 6.92 Å². The number of halogens is 5. The van der Waals surface area contributed by atoms with E-state index in [-0.39, 0.29) is 6.42 Å². The molecule has 0 saturated carbocycles. The summed E-state index contributed by atoms with van der Waals surface area (Å²) in [7, 11) is 1.06. The molecule has 10 heteroatoms. The van der Waals surface area contributed by atoms with Crippen molar-refractivity contribution < 1.29 is 36.3 Å². The summed E-state index contributed by atoms with van der Waals surface area (Å²) < 4.78 is 70.0. The van der Waals surface area contributed by atoms with Gasteiger partial charge in [-0.2, -0.15) is 13.2 Å². The maximum Gasteiger partial charge on any atom is 0.408 e. The number of hydrogen-bond acceptors (Lipinski definition) is 4. The Kier molecular flexibility index (Phi) is 6.50. The fourth-order valence-electron chi connectivity index (χ4n) is 1.80. The first-order valence-electron chi connectivity index (χ1n) is 6.77. The van der Waals surface area contributed by atoms with Crippen molar-refractivity contribution in [3.05, 3.63) is 29.3 Å². The Hall–Kier alpha value is -2.39. The van der Waals surface area contributed by atoms with Gasteiger partial charge in [0.1, 0.15) is 29.8 Å². The van der Waals surface area contributed by atoms with Crippen LogP contribution in [-0.4, -0.2) is 37.7 Å². The summed E-state index contributed by atoms with van der Waals surface area (Å²) in [5, 5.41) is 3.90. The lowest BCUT2D eigenvalue weighted by molar-refractivity contribution is -0.143. The lowest BCUT2D eigenvalue weighted by Gasteiger charge is -2.21. The molecule has 2 N–H and O–H groups in total. The maximum atomic E-state index is 13.9. The number of carbonyl (C=O) groups excluding carboxylic acids is 2. The van der Waals surface area contributed by atoms with Crippen molar-refractivity contribution >= 4 is 17.6 Å². The van der Waals surface area contributed by atoms with E-state index in [2.05, 4.69) is 4.74 Å². The highest BCUT2D eigenvalue weighted by Crippen LogP contribution is 2.27. The van der Waals surface area contributed by atoms with E-state index in [1.807, 2.05) is 10.6 Å². The number of benzene rings is 1. The predicted octanol–water partition coefficient (Wildman–Crippen LogP) is 2.62. The summed E-state index contributed by atoms with van der Waals surface area (Å²) in [6.45, 7) is 0.646. The van der Waals surface area contributed by atoms with Crippen molar-refractivity contribution in [2.45, 2.75) is 25.6 Å². The SMILES string of the molecule is CCC(Nc1cc(F)c(C(=O)NCC(=O)OC)c(F)c1)C(F)(F)F. The zero-order valence-corrected chi connectivity index (χ0v) is 12.8. The molecule has 0 saturated heterocycles. The highest BCUT2D eigenvalue weighted by Gasteiger charge is 2.38. The van der Waals surface area contributed by atoms with Gasteiger partial charge in [0.15, 0.2) is 0 Å². The normalized spacial score (nSPS) is 12.5. The van der Waals surface area contributed by atoms with E-state index in [0.717, 1.165) is 7.11 Å². The largest absolute Gasteiger partial charge is 0.468 e. The zero-order valence-electron chi connectivity index (χ0n) is 12.8.